The van der Waals surface area contributed by atoms with Crippen LogP contribution >= 0.6 is 7.82 Å². The zero-order valence-corrected chi connectivity index (χ0v) is 49.9. The van der Waals surface area contributed by atoms with Gasteiger partial charge in [-0.3, -0.25) is 23.4 Å². The van der Waals surface area contributed by atoms with Crippen LogP contribution in [0.15, 0.2) is 60.8 Å². The first-order chi connectivity index (χ1) is 37.2. The molecule has 0 spiro atoms. The first kappa shape index (κ1) is 73.2. The summed E-state index contributed by atoms with van der Waals surface area (Å²) in [5, 5.41) is 9.84. The van der Waals surface area contributed by atoms with Crippen molar-refractivity contribution in [3.05, 3.63) is 60.8 Å². The zero-order valence-electron chi connectivity index (χ0n) is 49.0. The Balaban J connectivity index is 4.70. The Morgan fingerprint density at radius 2 is 0.684 bits per heavy atom. The standard InChI is InChI=1S/C64H115O11P/c1-4-7-10-13-16-19-22-25-28-30-33-36-39-42-45-48-51-54-63(67)74-60(56-65)58-72-76(69,70)73-59-61(57-71-62(66)53-50-47-44-41-38-35-32-27-24-21-18-15-12-9-6-3)75-64(68)55-52-49-46-43-40-37-34-31-29-26-23-20-17-14-11-8-5-2/h8,11,17,20,25-29,32,60-61,65H,4-7,9-10,12-16,18-19,21-24,30-31,33-59H2,1-3H3,(H,69,70)/b11-8-,20-17-,28-25-,29-26-,32-27-. The van der Waals surface area contributed by atoms with Gasteiger partial charge in [0.25, 0.3) is 0 Å². The van der Waals surface area contributed by atoms with Crippen LogP contribution in [0, 0.1) is 0 Å². The van der Waals surface area contributed by atoms with Gasteiger partial charge >= 0.3 is 25.7 Å². The van der Waals surface area contributed by atoms with E-state index in [0.29, 0.717) is 19.3 Å². The molecule has 2 N–H and O–H groups in total. The van der Waals surface area contributed by atoms with Gasteiger partial charge < -0.3 is 24.2 Å². The molecule has 76 heavy (non-hydrogen) atoms. The van der Waals surface area contributed by atoms with E-state index in [4.69, 9.17) is 23.3 Å². The van der Waals surface area contributed by atoms with Gasteiger partial charge in [0.1, 0.15) is 12.7 Å². The highest BCUT2D eigenvalue weighted by atomic mass is 31.2. The quantitative estimate of drug-likeness (QED) is 0.0197. The largest absolute Gasteiger partial charge is 0.472 e. The normalized spacial score (nSPS) is 13.7. The minimum absolute atomic E-state index is 0.155. The molecule has 442 valence electrons. The molecule has 0 fully saturated rings. The van der Waals surface area contributed by atoms with Crippen LogP contribution in [0.2, 0.25) is 0 Å². The summed E-state index contributed by atoms with van der Waals surface area (Å²) in [4.78, 5) is 48.7. The second-order valence-corrected chi connectivity index (χ2v) is 22.3. The molecule has 0 aliphatic heterocycles. The molecule has 12 heteroatoms. The molecule has 0 aromatic rings. The van der Waals surface area contributed by atoms with Crippen molar-refractivity contribution in [1.82, 2.24) is 0 Å². The molecule has 0 radical (unpaired) electrons. The molecule has 0 rings (SSSR count). The lowest BCUT2D eigenvalue weighted by Crippen LogP contribution is -2.30. The highest BCUT2D eigenvalue weighted by molar-refractivity contribution is 7.47. The van der Waals surface area contributed by atoms with Crippen molar-refractivity contribution in [2.24, 2.45) is 0 Å². The number of esters is 3. The van der Waals surface area contributed by atoms with Gasteiger partial charge in [-0.15, -0.1) is 0 Å². The van der Waals surface area contributed by atoms with Crippen LogP contribution in [0.3, 0.4) is 0 Å². The Morgan fingerprint density at radius 1 is 0.382 bits per heavy atom. The summed E-state index contributed by atoms with van der Waals surface area (Å²) in [5.41, 5.74) is 0. The fourth-order valence-corrected chi connectivity index (χ4v) is 9.44. The number of carbonyl (C=O) groups excluding carboxylic acids is 3. The van der Waals surface area contributed by atoms with Crippen molar-refractivity contribution in [2.75, 3.05) is 26.4 Å². The molecule has 0 heterocycles. The summed E-state index contributed by atoms with van der Waals surface area (Å²) in [6.07, 6.45) is 64.5. The van der Waals surface area contributed by atoms with E-state index >= 15 is 0 Å². The molecule has 0 saturated carbocycles. The zero-order chi connectivity index (χ0) is 55.5. The molecular formula is C64H115O11P. The molecule has 0 saturated heterocycles. The number of ether oxygens (including phenoxy) is 3. The van der Waals surface area contributed by atoms with E-state index in [-0.39, 0.29) is 25.9 Å². The number of carbonyl (C=O) groups is 3. The lowest BCUT2D eigenvalue weighted by molar-refractivity contribution is -0.161. The molecule has 0 bridgehead atoms. The third-order valence-electron chi connectivity index (χ3n) is 13.4. The number of allylic oxidation sites excluding steroid dienone is 10. The smallest absolute Gasteiger partial charge is 0.462 e. The van der Waals surface area contributed by atoms with Crippen molar-refractivity contribution >= 4 is 25.7 Å². The minimum Gasteiger partial charge on any atom is -0.462 e. The van der Waals surface area contributed by atoms with Crippen molar-refractivity contribution in [3.63, 3.8) is 0 Å². The van der Waals surface area contributed by atoms with Crippen LogP contribution < -0.4 is 0 Å². The lowest BCUT2D eigenvalue weighted by atomic mass is 10.1. The summed E-state index contributed by atoms with van der Waals surface area (Å²) in [6.45, 7) is 4.54. The Kier molecular flexibility index (Phi) is 56.2. The van der Waals surface area contributed by atoms with E-state index in [2.05, 4.69) is 81.5 Å². The van der Waals surface area contributed by atoms with Crippen LogP contribution in [-0.2, 0) is 42.2 Å². The van der Waals surface area contributed by atoms with Crippen molar-refractivity contribution in [1.29, 1.82) is 0 Å². The number of aliphatic hydroxyl groups excluding tert-OH is 1. The predicted molar refractivity (Wildman–Crippen MR) is 316 cm³/mol. The highest BCUT2D eigenvalue weighted by Gasteiger charge is 2.28. The molecule has 11 nitrogen and oxygen atoms in total. The molecule has 3 unspecified atom stereocenters. The summed E-state index contributed by atoms with van der Waals surface area (Å²) < 4.78 is 39.6. The van der Waals surface area contributed by atoms with E-state index in [1.54, 1.807) is 0 Å². The number of hydrogen-bond acceptors (Lipinski definition) is 10. The molecule has 0 amide bonds. The Hall–Kier alpha value is -2.82. The molecule has 0 aliphatic rings. The summed E-state index contributed by atoms with van der Waals surface area (Å²) in [5.74, 6) is -1.48. The van der Waals surface area contributed by atoms with Gasteiger partial charge in [-0.2, -0.15) is 0 Å². The summed E-state index contributed by atoms with van der Waals surface area (Å²) in [7, 11) is -4.76. The predicted octanol–water partition coefficient (Wildman–Crippen LogP) is 18.7. The first-order valence-electron chi connectivity index (χ1n) is 31.2. The fraction of sp³-hybridized carbons (Fsp3) is 0.797. The Labute approximate surface area is 465 Å². The molecule has 0 aromatic carbocycles. The van der Waals surface area contributed by atoms with Gasteiger partial charge in [-0.25, -0.2) is 4.57 Å². The third-order valence-corrected chi connectivity index (χ3v) is 14.3. The number of rotatable bonds is 58. The van der Waals surface area contributed by atoms with E-state index in [0.717, 1.165) is 122 Å². The number of hydrogen-bond donors (Lipinski definition) is 2. The van der Waals surface area contributed by atoms with E-state index < -0.39 is 57.8 Å². The second kappa shape index (κ2) is 58.3. The van der Waals surface area contributed by atoms with Crippen LogP contribution in [0.1, 0.15) is 290 Å². The molecule has 0 aromatic heterocycles. The third kappa shape index (κ3) is 55.9. The molecule has 3 atom stereocenters. The SMILES string of the molecule is CC/C=C\C/C=C\C/C=C\CCCCCCCCCC(=O)OC(COC(=O)CCCCCCC/C=C\CCCCCCCC)COP(=O)(O)OCC(CO)OC(=O)CCCCCCCCC/C=C\CCCCCCCC. The van der Waals surface area contributed by atoms with Gasteiger partial charge in [-0.1, -0.05) is 229 Å². The fourth-order valence-electron chi connectivity index (χ4n) is 8.66. The van der Waals surface area contributed by atoms with Gasteiger partial charge in [0, 0.05) is 19.3 Å². The van der Waals surface area contributed by atoms with Crippen molar-refractivity contribution in [2.45, 2.75) is 303 Å². The van der Waals surface area contributed by atoms with Gasteiger partial charge in [-0.05, 0) is 103 Å². The van der Waals surface area contributed by atoms with Gasteiger partial charge in [0.2, 0.25) is 0 Å². The van der Waals surface area contributed by atoms with Crippen LogP contribution in [-0.4, -0.2) is 66.5 Å². The molecular weight excluding hydrogens is 976 g/mol. The maximum absolute atomic E-state index is 12.9. The number of aliphatic hydroxyl groups is 1. The second-order valence-electron chi connectivity index (χ2n) is 20.8. The first-order valence-corrected chi connectivity index (χ1v) is 32.7. The van der Waals surface area contributed by atoms with Crippen LogP contribution in [0.5, 0.6) is 0 Å². The van der Waals surface area contributed by atoms with E-state index in [1.165, 1.54) is 109 Å². The number of phosphoric acid groups is 1. The maximum atomic E-state index is 12.9. The summed E-state index contributed by atoms with van der Waals surface area (Å²) in [6, 6.07) is 0. The van der Waals surface area contributed by atoms with Crippen LogP contribution in [0.25, 0.3) is 0 Å². The monoisotopic (exact) mass is 1090 g/mol. The van der Waals surface area contributed by atoms with Gasteiger partial charge in [0.15, 0.2) is 6.10 Å². The van der Waals surface area contributed by atoms with Gasteiger partial charge in [0.05, 0.1) is 19.8 Å². The minimum atomic E-state index is -4.76. The van der Waals surface area contributed by atoms with Crippen LogP contribution in [0.4, 0.5) is 0 Å². The Bertz CT molecular complexity index is 1510. The average Bonchev–Trinajstić information content (AvgIpc) is 3.41. The van der Waals surface area contributed by atoms with Crippen molar-refractivity contribution in [3.8, 4) is 0 Å². The topological polar surface area (TPSA) is 155 Å². The van der Waals surface area contributed by atoms with E-state index in [1.807, 2.05) is 0 Å². The van der Waals surface area contributed by atoms with Crippen molar-refractivity contribution < 1.29 is 52.2 Å². The number of unbranched alkanes of at least 4 members (excludes halogenated alkanes) is 31. The summed E-state index contributed by atoms with van der Waals surface area (Å²) >= 11 is 0. The van der Waals surface area contributed by atoms with E-state index in [9.17, 15) is 28.9 Å². The molecule has 0 aliphatic carbocycles. The Morgan fingerprint density at radius 3 is 1.07 bits per heavy atom. The number of phosphoric ester groups is 1. The lowest BCUT2D eigenvalue weighted by Gasteiger charge is -2.21. The highest BCUT2D eigenvalue weighted by Crippen LogP contribution is 2.43. The maximum Gasteiger partial charge on any atom is 0.472 e. The average molecular weight is 1090 g/mol.